The molecule has 0 aliphatic carbocycles. The van der Waals surface area contributed by atoms with Gasteiger partial charge in [-0.3, -0.25) is 4.79 Å². The lowest BCUT2D eigenvalue weighted by molar-refractivity contribution is 0.0949. The molecule has 0 saturated heterocycles. The van der Waals surface area contributed by atoms with E-state index in [1.807, 2.05) is 13.8 Å². The third-order valence-corrected chi connectivity index (χ3v) is 3.85. The molecule has 136 valence electrons. The molecule has 1 aromatic carbocycles. The molecular weight excluding hydrogens is 356 g/mol. The Hall–Kier alpha value is -2.80. The van der Waals surface area contributed by atoms with Gasteiger partial charge in [0.05, 0.1) is 23.4 Å². The Morgan fingerprint density at radius 2 is 2.15 bits per heavy atom. The third kappa shape index (κ3) is 4.43. The number of anilines is 1. The van der Waals surface area contributed by atoms with Gasteiger partial charge in [0.15, 0.2) is 5.76 Å². The van der Waals surface area contributed by atoms with Crippen LogP contribution in [0.5, 0.6) is 0 Å². The molecule has 8 heteroatoms. The van der Waals surface area contributed by atoms with Crippen LogP contribution in [-0.4, -0.2) is 22.6 Å². The molecule has 3 rings (SSSR count). The molecule has 0 atom stereocenters. The fraction of sp³-hybridized carbons (Fsp3) is 0.278. The molecule has 0 spiro atoms. The van der Waals surface area contributed by atoms with E-state index in [9.17, 15) is 4.79 Å². The van der Waals surface area contributed by atoms with Crippen molar-refractivity contribution in [3.05, 3.63) is 53.1 Å². The summed E-state index contributed by atoms with van der Waals surface area (Å²) in [5.41, 5.74) is 1.18. The molecule has 2 N–H and O–H groups in total. The van der Waals surface area contributed by atoms with Crippen LogP contribution in [0.1, 0.15) is 30.1 Å². The number of nitrogens with zero attached hydrogens (tertiary/aromatic N) is 2. The Morgan fingerprint density at radius 1 is 1.31 bits per heavy atom. The molecule has 2 heterocycles. The van der Waals surface area contributed by atoms with E-state index in [2.05, 4.69) is 20.8 Å². The average Bonchev–Trinajstić information content (AvgIpc) is 3.29. The van der Waals surface area contributed by atoms with E-state index in [0.29, 0.717) is 47.1 Å². The number of hydrogen-bond donors (Lipinski definition) is 2. The number of halogens is 1. The van der Waals surface area contributed by atoms with Gasteiger partial charge in [-0.2, -0.15) is 4.98 Å². The topological polar surface area (TPSA) is 93.2 Å². The van der Waals surface area contributed by atoms with Crippen molar-refractivity contribution in [1.29, 1.82) is 0 Å². The number of carbonyl (C=O) groups is 1. The standard InChI is InChI=1S/C18H19ClN4O3/c1-11(2)9-21-18(24)13-6-5-12(8-14(13)19)20-10-16-22-17(23-26-16)15-4-3-7-25-15/h3-8,11,20H,9-10H2,1-2H3,(H,21,24). The summed E-state index contributed by atoms with van der Waals surface area (Å²) in [5.74, 6) is 1.53. The molecule has 3 aromatic rings. The molecule has 0 saturated carbocycles. The first kappa shape index (κ1) is 18.0. The Morgan fingerprint density at radius 3 is 2.85 bits per heavy atom. The maximum atomic E-state index is 12.1. The molecule has 0 bridgehead atoms. The van der Waals surface area contributed by atoms with Crippen LogP contribution < -0.4 is 10.6 Å². The smallest absolute Gasteiger partial charge is 0.252 e. The zero-order valence-electron chi connectivity index (χ0n) is 14.5. The molecular formula is C18H19ClN4O3. The Kier molecular flexibility index (Phi) is 5.58. The van der Waals surface area contributed by atoms with Crippen molar-refractivity contribution in [3.63, 3.8) is 0 Å². The van der Waals surface area contributed by atoms with Gasteiger partial charge in [0.2, 0.25) is 11.7 Å². The van der Waals surface area contributed by atoms with Crippen molar-refractivity contribution in [3.8, 4) is 11.6 Å². The Balaban J connectivity index is 1.60. The monoisotopic (exact) mass is 374 g/mol. The van der Waals surface area contributed by atoms with Crippen LogP contribution in [0, 0.1) is 5.92 Å². The minimum atomic E-state index is -0.185. The lowest BCUT2D eigenvalue weighted by Gasteiger charge is -2.10. The van der Waals surface area contributed by atoms with Gasteiger partial charge < -0.3 is 19.6 Å². The minimum absolute atomic E-state index is 0.185. The van der Waals surface area contributed by atoms with Crippen LogP contribution in [0.25, 0.3) is 11.6 Å². The fourth-order valence-electron chi connectivity index (χ4n) is 2.21. The summed E-state index contributed by atoms with van der Waals surface area (Å²) in [6.45, 7) is 4.99. The lowest BCUT2D eigenvalue weighted by Crippen LogP contribution is -2.27. The van der Waals surface area contributed by atoms with Gasteiger partial charge in [0, 0.05) is 12.2 Å². The zero-order valence-corrected chi connectivity index (χ0v) is 15.2. The van der Waals surface area contributed by atoms with Crippen LogP contribution >= 0.6 is 11.6 Å². The normalized spacial score (nSPS) is 10.9. The lowest BCUT2D eigenvalue weighted by atomic mass is 10.1. The second-order valence-corrected chi connectivity index (χ2v) is 6.55. The molecule has 26 heavy (non-hydrogen) atoms. The van der Waals surface area contributed by atoms with Crippen molar-refractivity contribution < 1.29 is 13.7 Å². The maximum Gasteiger partial charge on any atom is 0.252 e. The number of carbonyl (C=O) groups excluding carboxylic acids is 1. The van der Waals surface area contributed by atoms with Crippen molar-refractivity contribution in [2.75, 3.05) is 11.9 Å². The van der Waals surface area contributed by atoms with Crippen LogP contribution in [0.4, 0.5) is 5.69 Å². The molecule has 0 radical (unpaired) electrons. The van der Waals surface area contributed by atoms with Crippen molar-refractivity contribution in [1.82, 2.24) is 15.5 Å². The number of rotatable bonds is 7. The highest BCUT2D eigenvalue weighted by molar-refractivity contribution is 6.34. The molecule has 1 amide bonds. The molecule has 0 fully saturated rings. The largest absolute Gasteiger partial charge is 0.461 e. The fourth-order valence-corrected chi connectivity index (χ4v) is 2.48. The highest BCUT2D eigenvalue weighted by atomic mass is 35.5. The third-order valence-electron chi connectivity index (χ3n) is 3.54. The van der Waals surface area contributed by atoms with E-state index < -0.39 is 0 Å². The van der Waals surface area contributed by atoms with Crippen LogP contribution in [0.2, 0.25) is 5.02 Å². The summed E-state index contributed by atoms with van der Waals surface area (Å²) >= 11 is 6.23. The number of furan rings is 1. The maximum absolute atomic E-state index is 12.1. The van der Waals surface area contributed by atoms with Crippen molar-refractivity contribution in [2.45, 2.75) is 20.4 Å². The van der Waals surface area contributed by atoms with Crippen LogP contribution in [-0.2, 0) is 6.54 Å². The van der Waals surface area contributed by atoms with Crippen molar-refractivity contribution >= 4 is 23.2 Å². The summed E-state index contributed by atoms with van der Waals surface area (Å²) < 4.78 is 10.4. The average molecular weight is 375 g/mol. The van der Waals surface area contributed by atoms with Gasteiger partial charge >= 0.3 is 0 Å². The summed E-state index contributed by atoms with van der Waals surface area (Å²) in [5, 5.41) is 10.2. The first-order valence-corrected chi connectivity index (χ1v) is 8.59. The predicted octanol–water partition coefficient (Wildman–Crippen LogP) is 3.98. The van der Waals surface area contributed by atoms with Crippen LogP contribution in [0.3, 0.4) is 0 Å². The second-order valence-electron chi connectivity index (χ2n) is 6.14. The van der Waals surface area contributed by atoms with Gasteiger partial charge in [-0.25, -0.2) is 0 Å². The van der Waals surface area contributed by atoms with Gasteiger partial charge in [-0.15, -0.1) is 0 Å². The van der Waals surface area contributed by atoms with E-state index in [-0.39, 0.29) is 5.91 Å². The number of aromatic nitrogens is 2. The summed E-state index contributed by atoms with van der Waals surface area (Å²) in [6, 6.07) is 8.66. The number of nitrogens with one attached hydrogen (secondary N) is 2. The minimum Gasteiger partial charge on any atom is -0.461 e. The van der Waals surface area contributed by atoms with Crippen LogP contribution in [0.15, 0.2) is 45.5 Å². The zero-order chi connectivity index (χ0) is 18.5. The molecule has 0 aliphatic rings. The van der Waals surface area contributed by atoms with Gasteiger partial charge in [0.1, 0.15) is 0 Å². The van der Waals surface area contributed by atoms with E-state index in [4.69, 9.17) is 20.5 Å². The predicted molar refractivity (Wildman–Crippen MR) is 97.9 cm³/mol. The van der Waals surface area contributed by atoms with Gasteiger partial charge in [-0.1, -0.05) is 30.6 Å². The number of hydrogen-bond acceptors (Lipinski definition) is 6. The van der Waals surface area contributed by atoms with Gasteiger partial charge in [0.25, 0.3) is 5.91 Å². The number of benzene rings is 1. The summed E-state index contributed by atoms with van der Waals surface area (Å²) in [4.78, 5) is 16.4. The highest BCUT2D eigenvalue weighted by Crippen LogP contribution is 2.22. The van der Waals surface area contributed by atoms with E-state index in [1.165, 1.54) is 0 Å². The first-order valence-electron chi connectivity index (χ1n) is 8.21. The summed E-state index contributed by atoms with van der Waals surface area (Å²) in [6.07, 6.45) is 1.55. The molecule has 7 nitrogen and oxygen atoms in total. The summed E-state index contributed by atoms with van der Waals surface area (Å²) in [7, 11) is 0. The number of amides is 1. The highest BCUT2D eigenvalue weighted by Gasteiger charge is 2.13. The molecule has 2 aromatic heterocycles. The SMILES string of the molecule is CC(C)CNC(=O)c1ccc(NCc2nc(-c3ccco3)no2)cc1Cl. The first-order chi connectivity index (χ1) is 12.5. The van der Waals surface area contributed by atoms with E-state index in [1.54, 1.807) is 36.6 Å². The Labute approximate surface area is 155 Å². The second kappa shape index (κ2) is 8.05. The molecule has 0 unspecified atom stereocenters. The quantitative estimate of drug-likeness (QED) is 0.649. The van der Waals surface area contributed by atoms with E-state index in [0.717, 1.165) is 5.69 Å². The van der Waals surface area contributed by atoms with E-state index >= 15 is 0 Å². The Bertz CT molecular complexity index is 874. The molecule has 0 aliphatic heterocycles. The van der Waals surface area contributed by atoms with Gasteiger partial charge in [-0.05, 0) is 36.2 Å². The van der Waals surface area contributed by atoms with Crippen molar-refractivity contribution in [2.24, 2.45) is 5.92 Å².